The van der Waals surface area contributed by atoms with Crippen molar-refractivity contribution in [2.75, 3.05) is 13.7 Å². The Morgan fingerprint density at radius 3 is 2.71 bits per heavy atom. The number of methoxy groups -OCH3 is 1. The van der Waals surface area contributed by atoms with Crippen LogP contribution in [-0.2, 0) is 4.79 Å². The fraction of sp³-hybridized carbons (Fsp3) is 0.462. The molecule has 0 spiro atoms. The lowest BCUT2D eigenvalue weighted by atomic mass is 9.96. The van der Waals surface area contributed by atoms with Crippen molar-refractivity contribution in [2.24, 2.45) is 0 Å². The molecule has 92 valence electrons. The Kier molecular flexibility index (Phi) is 3.07. The number of carbonyl (C=O) groups excluding carboxylic acids is 1. The van der Waals surface area contributed by atoms with Crippen LogP contribution in [0.3, 0.4) is 0 Å². The van der Waals surface area contributed by atoms with Gasteiger partial charge in [0, 0.05) is 17.6 Å². The van der Waals surface area contributed by atoms with Gasteiger partial charge in [-0.2, -0.15) is 0 Å². The number of hydrogen-bond donors (Lipinski definition) is 2. The average Bonchev–Trinajstić information content (AvgIpc) is 2.28. The van der Waals surface area contributed by atoms with Crippen molar-refractivity contribution < 1.29 is 9.53 Å². The first-order valence-electron chi connectivity index (χ1n) is 5.72. The largest absolute Gasteiger partial charge is 0.496 e. The SMILES string of the molecule is COc1ccccc1C1NCC(C)(C)NC1=O. The zero-order valence-corrected chi connectivity index (χ0v) is 10.4. The van der Waals surface area contributed by atoms with E-state index >= 15 is 0 Å². The molecule has 1 aromatic carbocycles. The molecule has 1 aliphatic rings. The quantitative estimate of drug-likeness (QED) is 0.809. The van der Waals surface area contributed by atoms with Crippen molar-refractivity contribution >= 4 is 5.91 Å². The molecule has 2 N–H and O–H groups in total. The van der Waals surface area contributed by atoms with Crippen LogP contribution in [0.1, 0.15) is 25.5 Å². The molecular weight excluding hydrogens is 216 g/mol. The number of amides is 1. The maximum absolute atomic E-state index is 12.0. The molecule has 1 fully saturated rings. The van der Waals surface area contributed by atoms with Gasteiger partial charge in [-0.1, -0.05) is 18.2 Å². The topological polar surface area (TPSA) is 50.4 Å². The molecule has 1 saturated heterocycles. The second-order valence-electron chi connectivity index (χ2n) is 4.93. The highest BCUT2D eigenvalue weighted by Gasteiger charge is 2.34. The van der Waals surface area contributed by atoms with Gasteiger partial charge in [0.25, 0.3) is 0 Å². The Hall–Kier alpha value is -1.55. The number of hydrogen-bond acceptors (Lipinski definition) is 3. The fourth-order valence-corrected chi connectivity index (χ4v) is 2.06. The van der Waals surface area contributed by atoms with Crippen LogP contribution in [0.4, 0.5) is 0 Å². The van der Waals surface area contributed by atoms with Crippen LogP contribution >= 0.6 is 0 Å². The summed E-state index contributed by atoms with van der Waals surface area (Å²) in [5.74, 6) is 0.727. The zero-order valence-electron chi connectivity index (χ0n) is 10.4. The third-order valence-corrected chi connectivity index (χ3v) is 2.92. The molecule has 1 atom stereocenters. The molecule has 0 radical (unpaired) electrons. The Bertz CT molecular complexity index is 429. The summed E-state index contributed by atoms with van der Waals surface area (Å²) >= 11 is 0. The minimum absolute atomic E-state index is 0.00856. The van der Waals surface area contributed by atoms with Crippen molar-refractivity contribution in [2.45, 2.75) is 25.4 Å². The van der Waals surface area contributed by atoms with Gasteiger partial charge < -0.3 is 10.1 Å². The molecule has 1 unspecified atom stereocenters. The van der Waals surface area contributed by atoms with E-state index in [1.54, 1.807) is 7.11 Å². The number of benzene rings is 1. The highest BCUT2D eigenvalue weighted by Crippen LogP contribution is 2.27. The first kappa shape index (κ1) is 11.9. The van der Waals surface area contributed by atoms with Crippen LogP contribution in [0.2, 0.25) is 0 Å². The molecule has 17 heavy (non-hydrogen) atoms. The highest BCUT2D eigenvalue weighted by molar-refractivity contribution is 5.85. The Morgan fingerprint density at radius 1 is 1.35 bits per heavy atom. The Labute approximate surface area is 101 Å². The summed E-state index contributed by atoms with van der Waals surface area (Å²) in [6, 6.07) is 7.25. The van der Waals surface area contributed by atoms with Crippen molar-refractivity contribution in [3.8, 4) is 5.75 Å². The van der Waals surface area contributed by atoms with Crippen LogP contribution in [-0.4, -0.2) is 25.1 Å². The molecule has 1 amide bonds. The lowest BCUT2D eigenvalue weighted by molar-refractivity contribution is -0.127. The minimum Gasteiger partial charge on any atom is -0.496 e. The summed E-state index contributed by atoms with van der Waals surface area (Å²) in [4.78, 5) is 12.0. The summed E-state index contributed by atoms with van der Waals surface area (Å²) in [5.41, 5.74) is 0.679. The number of piperazine rings is 1. The number of rotatable bonds is 2. The first-order valence-corrected chi connectivity index (χ1v) is 5.72. The molecule has 0 saturated carbocycles. The molecule has 4 nitrogen and oxygen atoms in total. The third-order valence-electron chi connectivity index (χ3n) is 2.92. The van der Waals surface area contributed by atoms with E-state index in [0.29, 0.717) is 0 Å². The van der Waals surface area contributed by atoms with Crippen LogP contribution in [0.25, 0.3) is 0 Å². The lowest BCUT2D eigenvalue weighted by Crippen LogP contribution is -2.59. The van der Waals surface area contributed by atoms with Crippen molar-refractivity contribution in [3.05, 3.63) is 29.8 Å². The molecule has 4 heteroatoms. The van der Waals surface area contributed by atoms with Gasteiger partial charge >= 0.3 is 0 Å². The summed E-state index contributed by atoms with van der Waals surface area (Å²) in [6.07, 6.45) is 0. The summed E-state index contributed by atoms with van der Waals surface area (Å²) in [7, 11) is 1.61. The lowest BCUT2D eigenvalue weighted by Gasteiger charge is -2.36. The molecule has 0 aliphatic carbocycles. The number of ether oxygens (including phenoxy) is 1. The van der Waals surface area contributed by atoms with Crippen LogP contribution < -0.4 is 15.4 Å². The van der Waals surface area contributed by atoms with E-state index in [1.807, 2.05) is 38.1 Å². The predicted octanol–water partition coefficient (Wildman–Crippen LogP) is 1.23. The first-order chi connectivity index (χ1) is 8.03. The monoisotopic (exact) mass is 234 g/mol. The van der Waals surface area contributed by atoms with Crippen LogP contribution in [0, 0.1) is 0 Å². The Morgan fingerprint density at radius 2 is 2.06 bits per heavy atom. The highest BCUT2D eigenvalue weighted by atomic mass is 16.5. The molecule has 0 bridgehead atoms. The molecule has 0 aromatic heterocycles. The van der Waals surface area contributed by atoms with Gasteiger partial charge in [-0.05, 0) is 19.9 Å². The smallest absolute Gasteiger partial charge is 0.242 e. The van der Waals surface area contributed by atoms with E-state index in [9.17, 15) is 4.79 Å². The van der Waals surface area contributed by atoms with Gasteiger partial charge in [0.15, 0.2) is 0 Å². The summed E-state index contributed by atoms with van der Waals surface area (Å²) in [6.45, 7) is 4.73. The standard InChI is InChI=1S/C13H18N2O2/c1-13(2)8-14-11(12(16)15-13)9-6-4-5-7-10(9)17-3/h4-7,11,14H,8H2,1-3H3,(H,15,16). The Balaban J connectivity index is 2.26. The maximum Gasteiger partial charge on any atom is 0.242 e. The van der Waals surface area contributed by atoms with E-state index in [2.05, 4.69) is 10.6 Å². The van der Waals surface area contributed by atoms with Crippen LogP contribution in [0.5, 0.6) is 5.75 Å². The van der Waals surface area contributed by atoms with Crippen molar-refractivity contribution in [1.29, 1.82) is 0 Å². The van der Waals surface area contributed by atoms with Gasteiger partial charge in [0.05, 0.1) is 7.11 Å². The summed E-state index contributed by atoms with van der Waals surface area (Å²) in [5, 5.41) is 6.26. The van der Waals surface area contributed by atoms with E-state index in [-0.39, 0.29) is 17.5 Å². The van der Waals surface area contributed by atoms with Gasteiger partial charge in [-0.3, -0.25) is 10.1 Å². The van der Waals surface area contributed by atoms with E-state index in [1.165, 1.54) is 0 Å². The zero-order chi connectivity index (χ0) is 12.5. The van der Waals surface area contributed by atoms with Crippen LogP contribution in [0.15, 0.2) is 24.3 Å². The van der Waals surface area contributed by atoms with Gasteiger partial charge in [0.1, 0.15) is 11.8 Å². The van der Waals surface area contributed by atoms with Gasteiger partial charge in [0.2, 0.25) is 5.91 Å². The molecule has 1 aliphatic heterocycles. The van der Waals surface area contributed by atoms with Gasteiger partial charge in [-0.15, -0.1) is 0 Å². The van der Waals surface area contributed by atoms with E-state index < -0.39 is 0 Å². The van der Waals surface area contributed by atoms with Gasteiger partial charge in [-0.25, -0.2) is 0 Å². The number of carbonyl (C=O) groups is 1. The molecule has 1 aromatic rings. The molecule has 2 rings (SSSR count). The minimum atomic E-state index is -0.334. The summed E-state index contributed by atoms with van der Waals surface area (Å²) < 4.78 is 5.28. The second-order valence-corrected chi connectivity index (χ2v) is 4.93. The van der Waals surface area contributed by atoms with Crippen molar-refractivity contribution in [3.63, 3.8) is 0 Å². The average molecular weight is 234 g/mol. The molecule has 1 heterocycles. The third kappa shape index (κ3) is 2.42. The normalized spacial score (nSPS) is 23.0. The number of nitrogens with one attached hydrogen (secondary N) is 2. The number of para-hydroxylation sites is 1. The molecular formula is C13H18N2O2. The maximum atomic E-state index is 12.0. The second kappa shape index (κ2) is 4.37. The predicted molar refractivity (Wildman–Crippen MR) is 66.0 cm³/mol. The fourth-order valence-electron chi connectivity index (χ4n) is 2.06. The van der Waals surface area contributed by atoms with E-state index in [4.69, 9.17) is 4.74 Å². The van der Waals surface area contributed by atoms with E-state index in [0.717, 1.165) is 17.9 Å². The van der Waals surface area contributed by atoms with Crippen molar-refractivity contribution in [1.82, 2.24) is 10.6 Å².